The zero-order valence-electron chi connectivity index (χ0n) is 15.5. The van der Waals surface area contributed by atoms with Crippen molar-refractivity contribution in [2.75, 3.05) is 20.2 Å². The molecule has 1 aliphatic heterocycles. The van der Waals surface area contributed by atoms with E-state index in [2.05, 4.69) is 12.2 Å². The summed E-state index contributed by atoms with van der Waals surface area (Å²) in [4.78, 5) is 36.6. The van der Waals surface area contributed by atoms with E-state index in [0.717, 1.165) is 35.9 Å². The zero-order chi connectivity index (χ0) is 19.1. The lowest BCUT2D eigenvalue weighted by molar-refractivity contribution is -0.134. The third-order valence-corrected chi connectivity index (χ3v) is 5.31. The second-order valence-electron chi connectivity index (χ2n) is 6.53. The van der Waals surface area contributed by atoms with Crippen LogP contribution in [-0.4, -0.2) is 47.4 Å². The second kappa shape index (κ2) is 9.62. The molecule has 2 rings (SSSR count). The van der Waals surface area contributed by atoms with E-state index in [9.17, 15) is 14.4 Å². The maximum atomic E-state index is 12.1. The van der Waals surface area contributed by atoms with E-state index < -0.39 is 0 Å². The zero-order valence-corrected chi connectivity index (χ0v) is 16.3. The fourth-order valence-electron chi connectivity index (χ4n) is 2.81. The van der Waals surface area contributed by atoms with Crippen LogP contribution in [0.2, 0.25) is 0 Å². The summed E-state index contributed by atoms with van der Waals surface area (Å²) in [5, 5.41) is 1.64. The quantitative estimate of drug-likeness (QED) is 0.715. The van der Waals surface area contributed by atoms with Gasteiger partial charge in [-0.25, -0.2) is 0 Å². The van der Waals surface area contributed by atoms with Gasteiger partial charge in [0.2, 0.25) is 11.8 Å². The highest BCUT2D eigenvalue weighted by molar-refractivity contribution is 8.15. The molecular formula is C19H26N2O4S. The Morgan fingerprint density at radius 2 is 2.00 bits per heavy atom. The maximum Gasteiger partial charge on any atom is 0.286 e. The lowest BCUT2D eigenvalue weighted by Gasteiger charge is -2.21. The number of amides is 3. The molecule has 0 radical (unpaired) electrons. The average Bonchev–Trinajstić information content (AvgIpc) is 2.93. The largest absolute Gasteiger partial charge is 0.492 e. The van der Waals surface area contributed by atoms with Crippen molar-refractivity contribution in [3.05, 3.63) is 29.8 Å². The van der Waals surface area contributed by atoms with Gasteiger partial charge in [0.05, 0.1) is 11.8 Å². The predicted octanol–water partition coefficient (Wildman–Crippen LogP) is 2.85. The first kappa shape index (κ1) is 20.3. The van der Waals surface area contributed by atoms with E-state index in [4.69, 9.17) is 4.74 Å². The van der Waals surface area contributed by atoms with E-state index in [1.54, 1.807) is 11.9 Å². The van der Waals surface area contributed by atoms with Gasteiger partial charge in [0, 0.05) is 13.0 Å². The Morgan fingerprint density at radius 1 is 1.31 bits per heavy atom. The molecule has 1 aliphatic rings. The normalized spacial score (nSPS) is 17.7. The molecule has 0 spiro atoms. The minimum absolute atomic E-state index is 0.0434. The molecule has 6 nitrogen and oxygen atoms in total. The molecule has 1 fully saturated rings. The summed E-state index contributed by atoms with van der Waals surface area (Å²) in [6, 6.07) is 7.47. The number of nitrogens with zero attached hydrogens (tertiary/aromatic N) is 1. The standard InChI is InChI=1S/C19H26N2O4S/c1-4-5-13(2)18(23)21(3)10-11-25-15-8-6-14(7-9-15)12-16-17(22)20-19(24)26-16/h6-9,13,16H,4-5,10-12H2,1-3H3,(H,20,22,24). The highest BCUT2D eigenvalue weighted by atomic mass is 32.2. The van der Waals surface area contributed by atoms with Crippen molar-refractivity contribution in [1.82, 2.24) is 10.2 Å². The summed E-state index contributed by atoms with van der Waals surface area (Å²) in [5.41, 5.74) is 0.973. The molecule has 1 aromatic carbocycles. The number of imide groups is 1. The predicted molar refractivity (Wildman–Crippen MR) is 102 cm³/mol. The lowest BCUT2D eigenvalue weighted by atomic mass is 10.1. The fourth-order valence-corrected chi connectivity index (χ4v) is 3.67. The van der Waals surface area contributed by atoms with Crippen molar-refractivity contribution in [2.45, 2.75) is 38.4 Å². The highest BCUT2D eigenvalue weighted by Gasteiger charge is 2.31. The second-order valence-corrected chi connectivity index (χ2v) is 7.70. The number of benzene rings is 1. The third-order valence-electron chi connectivity index (χ3n) is 4.33. The van der Waals surface area contributed by atoms with Gasteiger partial charge in [-0.1, -0.05) is 44.2 Å². The van der Waals surface area contributed by atoms with Gasteiger partial charge >= 0.3 is 0 Å². The van der Waals surface area contributed by atoms with Gasteiger partial charge in [0.15, 0.2) is 0 Å². The summed E-state index contributed by atoms with van der Waals surface area (Å²) in [6.45, 7) is 5.00. The van der Waals surface area contributed by atoms with Crippen molar-refractivity contribution in [3.63, 3.8) is 0 Å². The number of hydrogen-bond acceptors (Lipinski definition) is 5. The first-order valence-corrected chi connectivity index (χ1v) is 9.76. The van der Waals surface area contributed by atoms with E-state index in [-0.39, 0.29) is 28.2 Å². The molecule has 7 heteroatoms. The van der Waals surface area contributed by atoms with Crippen LogP contribution in [-0.2, 0) is 16.0 Å². The van der Waals surface area contributed by atoms with Crippen molar-refractivity contribution in [1.29, 1.82) is 0 Å². The summed E-state index contributed by atoms with van der Waals surface area (Å²) in [6.07, 6.45) is 2.41. The molecule has 26 heavy (non-hydrogen) atoms. The highest BCUT2D eigenvalue weighted by Crippen LogP contribution is 2.23. The first-order chi connectivity index (χ1) is 12.4. The molecule has 0 aromatic heterocycles. The van der Waals surface area contributed by atoms with Crippen LogP contribution in [0.3, 0.4) is 0 Å². The third kappa shape index (κ3) is 5.76. The molecule has 142 valence electrons. The van der Waals surface area contributed by atoms with Crippen molar-refractivity contribution in [2.24, 2.45) is 5.92 Å². The van der Waals surface area contributed by atoms with Crippen molar-refractivity contribution in [3.8, 4) is 5.75 Å². The van der Waals surface area contributed by atoms with Gasteiger partial charge in [0.1, 0.15) is 12.4 Å². The summed E-state index contributed by atoms with van der Waals surface area (Å²) < 4.78 is 5.70. The van der Waals surface area contributed by atoms with Gasteiger partial charge in [0.25, 0.3) is 5.24 Å². The lowest BCUT2D eigenvalue weighted by Crippen LogP contribution is -2.34. The topological polar surface area (TPSA) is 75.7 Å². The Bertz CT molecular complexity index is 647. The fraction of sp³-hybridized carbons (Fsp3) is 0.526. The summed E-state index contributed by atoms with van der Waals surface area (Å²) in [5.74, 6) is 0.677. The van der Waals surface area contributed by atoms with E-state index in [1.165, 1.54) is 0 Å². The van der Waals surface area contributed by atoms with Gasteiger partial charge in [-0.3, -0.25) is 19.7 Å². The average molecular weight is 378 g/mol. The Morgan fingerprint density at radius 3 is 2.58 bits per heavy atom. The molecule has 1 heterocycles. The number of carbonyl (C=O) groups excluding carboxylic acids is 3. The number of hydrogen-bond donors (Lipinski definition) is 1. The van der Waals surface area contributed by atoms with Crippen LogP contribution < -0.4 is 10.1 Å². The van der Waals surface area contributed by atoms with E-state index in [0.29, 0.717) is 19.6 Å². The van der Waals surface area contributed by atoms with Gasteiger partial charge in [-0.05, 0) is 30.5 Å². The molecule has 3 amide bonds. The van der Waals surface area contributed by atoms with E-state index >= 15 is 0 Å². The summed E-state index contributed by atoms with van der Waals surface area (Å²) in [7, 11) is 1.80. The molecule has 0 saturated carbocycles. The number of ether oxygens (including phenoxy) is 1. The minimum Gasteiger partial charge on any atom is -0.492 e. The SMILES string of the molecule is CCCC(C)C(=O)N(C)CCOc1ccc(CC2SC(=O)NC2=O)cc1. The van der Waals surface area contributed by atoms with Crippen LogP contribution in [0.5, 0.6) is 5.75 Å². The molecule has 1 N–H and O–H groups in total. The number of nitrogens with one attached hydrogen (secondary N) is 1. The van der Waals surface area contributed by atoms with Gasteiger partial charge in [-0.15, -0.1) is 0 Å². The Kier molecular flexibility index (Phi) is 7.50. The minimum atomic E-state index is -0.362. The number of rotatable bonds is 9. The Labute approximate surface area is 158 Å². The molecule has 0 bridgehead atoms. The Hall–Kier alpha value is -2.02. The molecule has 1 saturated heterocycles. The van der Waals surface area contributed by atoms with Crippen molar-refractivity contribution >= 4 is 28.8 Å². The van der Waals surface area contributed by atoms with Crippen molar-refractivity contribution < 1.29 is 19.1 Å². The molecule has 2 unspecified atom stereocenters. The first-order valence-electron chi connectivity index (χ1n) is 8.89. The monoisotopic (exact) mass is 378 g/mol. The van der Waals surface area contributed by atoms with Crippen LogP contribution in [0.25, 0.3) is 0 Å². The maximum absolute atomic E-state index is 12.1. The molecule has 2 atom stereocenters. The summed E-state index contributed by atoms with van der Waals surface area (Å²) >= 11 is 1.03. The molecule has 1 aromatic rings. The van der Waals surface area contributed by atoms with Gasteiger partial charge < -0.3 is 9.64 Å². The van der Waals surface area contributed by atoms with Crippen LogP contribution in [0, 0.1) is 5.92 Å². The van der Waals surface area contributed by atoms with Crippen LogP contribution in [0.15, 0.2) is 24.3 Å². The van der Waals surface area contributed by atoms with Crippen LogP contribution in [0.1, 0.15) is 32.3 Å². The van der Waals surface area contributed by atoms with E-state index in [1.807, 2.05) is 31.2 Å². The number of carbonyl (C=O) groups is 3. The van der Waals surface area contributed by atoms with Crippen LogP contribution in [0.4, 0.5) is 4.79 Å². The molecule has 0 aliphatic carbocycles. The number of likely N-dealkylation sites (N-methyl/N-ethyl adjacent to an activating group) is 1. The van der Waals surface area contributed by atoms with Crippen LogP contribution >= 0.6 is 11.8 Å². The smallest absolute Gasteiger partial charge is 0.286 e. The molecular weight excluding hydrogens is 352 g/mol. The Balaban J connectivity index is 1.76. The number of thioether (sulfide) groups is 1. The van der Waals surface area contributed by atoms with Gasteiger partial charge in [-0.2, -0.15) is 0 Å².